The summed E-state index contributed by atoms with van der Waals surface area (Å²) in [4.78, 5) is -1.09. The van der Waals surface area contributed by atoms with Crippen LogP contribution < -0.4 is 4.72 Å². The smallest absolute Gasteiger partial charge is 0.229 e. The highest BCUT2D eigenvalue weighted by Crippen LogP contribution is 2.27. The molecule has 1 aromatic rings. The number of hydrogen-bond donors (Lipinski definition) is 1. The molecule has 0 saturated carbocycles. The highest BCUT2D eigenvalue weighted by Gasteiger charge is 2.42. The predicted molar refractivity (Wildman–Crippen MR) is 68.4 cm³/mol. The number of sulfonamides is 1. The molecule has 1 unspecified atom stereocenters. The Labute approximate surface area is 116 Å². The molecular weight excluding hydrogens is 312 g/mol. The highest BCUT2D eigenvalue weighted by molar-refractivity contribution is 7.92. The molecule has 0 amide bonds. The Kier molecular flexibility index (Phi) is 3.64. The molecule has 1 aliphatic rings. The number of nitrogens with one attached hydrogen (secondary N) is 1. The van der Waals surface area contributed by atoms with Crippen LogP contribution in [0, 0.1) is 11.6 Å². The van der Waals surface area contributed by atoms with Gasteiger partial charge in [0, 0.05) is 5.54 Å². The van der Waals surface area contributed by atoms with Crippen LogP contribution in [0.4, 0.5) is 8.78 Å². The van der Waals surface area contributed by atoms with Crippen molar-refractivity contribution in [3.05, 3.63) is 29.8 Å². The quantitative estimate of drug-likeness (QED) is 0.892. The Morgan fingerprint density at radius 1 is 1.25 bits per heavy atom. The third-order valence-corrected chi connectivity index (χ3v) is 6.66. The van der Waals surface area contributed by atoms with E-state index in [4.69, 9.17) is 0 Å². The van der Waals surface area contributed by atoms with Gasteiger partial charge in [-0.05, 0) is 25.5 Å². The molecule has 1 atom stereocenters. The molecule has 0 bridgehead atoms. The van der Waals surface area contributed by atoms with Gasteiger partial charge in [0.1, 0.15) is 11.6 Å². The SMILES string of the molecule is CC1(NS(=O)(=O)c2c(F)cccc2F)CCS(=O)(=O)C1. The molecule has 20 heavy (non-hydrogen) atoms. The summed E-state index contributed by atoms with van der Waals surface area (Å²) in [5.41, 5.74) is -1.26. The van der Waals surface area contributed by atoms with E-state index in [1.54, 1.807) is 0 Å². The molecule has 0 aliphatic carbocycles. The summed E-state index contributed by atoms with van der Waals surface area (Å²) in [6, 6.07) is 2.70. The summed E-state index contributed by atoms with van der Waals surface area (Å²) in [6.45, 7) is 1.40. The number of rotatable bonds is 3. The van der Waals surface area contributed by atoms with Crippen LogP contribution in [0.3, 0.4) is 0 Å². The van der Waals surface area contributed by atoms with Crippen molar-refractivity contribution in [1.82, 2.24) is 4.72 Å². The van der Waals surface area contributed by atoms with Gasteiger partial charge >= 0.3 is 0 Å². The molecule has 2 rings (SSSR count). The number of benzene rings is 1. The van der Waals surface area contributed by atoms with Crippen LogP contribution in [0.2, 0.25) is 0 Å². The predicted octanol–water partition coefficient (Wildman–Crippen LogP) is 0.820. The second kappa shape index (κ2) is 4.74. The van der Waals surface area contributed by atoms with Crippen molar-refractivity contribution in [2.45, 2.75) is 23.8 Å². The number of sulfone groups is 1. The maximum atomic E-state index is 13.5. The van der Waals surface area contributed by atoms with Crippen molar-refractivity contribution in [2.75, 3.05) is 11.5 Å². The average molecular weight is 325 g/mol. The van der Waals surface area contributed by atoms with Crippen molar-refractivity contribution in [1.29, 1.82) is 0 Å². The lowest BCUT2D eigenvalue weighted by atomic mass is 10.0. The molecule has 1 aromatic carbocycles. The third-order valence-electron chi connectivity index (χ3n) is 3.07. The highest BCUT2D eigenvalue weighted by atomic mass is 32.2. The van der Waals surface area contributed by atoms with Crippen molar-refractivity contribution in [2.24, 2.45) is 0 Å². The maximum absolute atomic E-state index is 13.5. The molecule has 1 N–H and O–H groups in total. The zero-order valence-corrected chi connectivity index (χ0v) is 12.2. The Balaban J connectivity index is 2.38. The molecule has 1 saturated heterocycles. The number of hydrogen-bond acceptors (Lipinski definition) is 4. The lowest BCUT2D eigenvalue weighted by Crippen LogP contribution is -2.47. The molecule has 0 aromatic heterocycles. The van der Waals surface area contributed by atoms with E-state index < -0.39 is 47.7 Å². The van der Waals surface area contributed by atoms with E-state index >= 15 is 0 Å². The molecule has 9 heteroatoms. The third kappa shape index (κ3) is 2.99. The second-order valence-corrected chi connectivity index (χ2v) is 8.86. The lowest BCUT2D eigenvalue weighted by molar-refractivity contribution is 0.452. The maximum Gasteiger partial charge on any atom is 0.246 e. The average Bonchev–Trinajstić information content (AvgIpc) is 2.50. The van der Waals surface area contributed by atoms with E-state index in [9.17, 15) is 25.6 Å². The van der Waals surface area contributed by atoms with Crippen LogP contribution in [0.1, 0.15) is 13.3 Å². The van der Waals surface area contributed by atoms with Crippen molar-refractivity contribution in [3.8, 4) is 0 Å². The van der Waals surface area contributed by atoms with Gasteiger partial charge in [0.25, 0.3) is 0 Å². The first-order chi connectivity index (χ1) is 9.05. The van der Waals surface area contributed by atoms with E-state index in [2.05, 4.69) is 4.72 Å². The minimum Gasteiger partial charge on any atom is -0.229 e. The van der Waals surface area contributed by atoms with E-state index in [0.717, 1.165) is 18.2 Å². The molecule has 0 radical (unpaired) electrons. The minimum atomic E-state index is -4.48. The van der Waals surface area contributed by atoms with Gasteiger partial charge < -0.3 is 0 Å². The van der Waals surface area contributed by atoms with Crippen LogP contribution in [0.15, 0.2) is 23.1 Å². The zero-order chi connectivity index (χ0) is 15.2. The fraction of sp³-hybridized carbons (Fsp3) is 0.455. The molecular formula is C11H13F2NO4S2. The van der Waals surface area contributed by atoms with Gasteiger partial charge in [0.2, 0.25) is 10.0 Å². The van der Waals surface area contributed by atoms with Crippen LogP contribution >= 0.6 is 0 Å². The van der Waals surface area contributed by atoms with Gasteiger partial charge in [-0.15, -0.1) is 0 Å². The zero-order valence-electron chi connectivity index (χ0n) is 10.6. The first kappa shape index (κ1) is 15.3. The Morgan fingerprint density at radius 3 is 2.25 bits per heavy atom. The van der Waals surface area contributed by atoms with Crippen LogP contribution in [-0.4, -0.2) is 33.9 Å². The van der Waals surface area contributed by atoms with E-state index in [-0.39, 0.29) is 12.2 Å². The van der Waals surface area contributed by atoms with Gasteiger partial charge in [0.05, 0.1) is 11.5 Å². The number of halogens is 2. The Morgan fingerprint density at radius 2 is 1.80 bits per heavy atom. The van der Waals surface area contributed by atoms with Gasteiger partial charge in [-0.3, -0.25) is 0 Å². The van der Waals surface area contributed by atoms with Gasteiger partial charge in [-0.1, -0.05) is 6.07 Å². The minimum absolute atomic E-state index is 0.0602. The standard InChI is InChI=1S/C11H13F2NO4S2/c1-11(5-6-19(15,16)7-11)14-20(17,18)10-8(12)3-2-4-9(10)13/h2-4,14H,5-7H2,1H3. The summed E-state index contributed by atoms with van der Waals surface area (Å²) >= 11 is 0. The molecule has 1 fully saturated rings. The first-order valence-electron chi connectivity index (χ1n) is 5.73. The summed E-state index contributed by atoms with van der Waals surface area (Å²) in [6.07, 6.45) is 0.0602. The normalized spacial score (nSPS) is 25.8. The monoisotopic (exact) mass is 325 g/mol. The fourth-order valence-corrected chi connectivity index (χ4v) is 5.96. The van der Waals surface area contributed by atoms with E-state index in [0.29, 0.717) is 0 Å². The summed E-state index contributed by atoms with van der Waals surface area (Å²) in [7, 11) is -7.82. The van der Waals surface area contributed by atoms with Crippen molar-refractivity contribution < 1.29 is 25.6 Å². The van der Waals surface area contributed by atoms with Crippen LogP contribution in [-0.2, 0) is 19.9 Å². The summed E-state index contributed by atoms with van der Waals surface area (Å²) in [5, 5.41) is 0. The second-order valence-electron chi connectivity index (χ2n) is 5.06. The molecule has 5 nitrogen and oxygen atoms in total. The van der Waals surface area contributed by atoms with Crippen LogP contribution in [0.25, 0.3) is 0 Å². The van der Waals surface area contributed by atoms with Gasteiger partial charge in [-0.25, -0.2) is 30.3 Å². The van der Waals surface area contributed by atoms with Crippen LogP contribution in [0.5, 0.6) is 0 Å². The lowest BCUT2D eigenvalue weighted by Gasteiger charge is -2.23. The first-order valence-corrected chi connectivity index (χ1v) is 9.04. The molecule has 1 heterocycles. The molecule has 0 spiro atoms. The van der Waals surface area contributed by atoms with E-state index in [1.807, 2.05) is 0 Å². The van der Waals surface area contributed by atoms with Gasteiger partial charge in [-0.2, -0.15) is 0 Å². The Bertz CT molecular complexity index is 725. The largest absolute Gasteiger partial charge is 0.246 e. The summed E-state index contributed by atoms with van der Waals surface area (Å²) in [5.74, 6) is -3.00. The molecule has 112 valence electrons. The van der Waals surface area contributed by atoms with Gasteiger partial charge in [0.15, 0.2) is 14.7 Å². The van der Waals surface area contributed by atoms with Crippen molar-refractivity contribution in [3.63, 3.8) is 0 Å². The Hall–Kier alpha value is -1.06. The topological polar surface area (TPSA) is 80.3 Å². The fourth-order valence-electron chi connectivity index (χ4n) is 2.21. The molecule has 1 aliphatic heterocycles. The van der Waals surface area contributed by atoms with E-state index in [1.165, 1.54) is 6.92 Å². The van der Waals surface area contributed by atoms with Crippen molar-refractivity contribution >= 4 is 19.9 Å². The summed E-state index contributed by atoms with van der Waals surface area (Å²) < 4.78 is 76.1.